The number of amides is 1. The summed E-state index contributed by atoms with van der Waals surface area (Å²) in [4.78, 5) is 14.3. The summed E-state index contributed by atoms with van der Waals surface area (Å²) in [5, 5.41) is 0. The number of hydrogen-bond donors (Lipinski definition) is 1. The van der Waals surface area contributed by atoms with E-state index >= 15 is 0 Å². The Hall–Kier alpha value is -0.650. The Morgan fingerprint density at radius 3 is 2.71 bits per heavy atom. The van der Waals surface area contributed by atoms with Gasteiger partial charge in [0.2, 0.25) is 0 Å². The van der Waals surface area contributed by atoms with Gasteiger partial charge in [-0.25, -0.2) is 4.39 Å². The first-order valence-electron chi connectivity index (χ1n) is 7.05. The van der Waals surface area contributed by atoms with Crippen molar-refractivity contribution in [3.63, 3.8) is 0 Å². The number of nitrogens with two attached hydrogens (primary N) is 1. The fourth-order valence-electron chi connectivity index (χ4n) is 3.54. The minimum absolute atomic E-state index is 0. The first kappa shape index (κ1) is 16.7. The molecule has 0 bridgehead atoms. The number of rotatable bonds is 1. The van der Waals surface area contributed by atoms with E-state index in [9.17, 15) is 9.18 Å². The topological polar surface area (TPSA) is 46.3 Å². The molecule has 3 rings (SSSR count). The van der Waals surface area contributed by atoms with Crippen molar-refractivity contribution in [1.82, 2.24) is 4.90 Å². The lowest BCUT2D eigenvalue weighted by atomic mass is 9.78. The highest BCUT2D eigenvalue weighted by molar-refractivity contribution is 9.10. The van der Waals surface area contributed by atoms with Crippen LogP contribution in [0.4, 0.5) is 4.39 Å². The van der Waals surface area contributed by atoms with Gasteiger partial charge in [0.15, 0.2) is 0 Å². The number of carbonyl (C=O) groups is 1. The molecule has 0 spiro atoms. The van der Waals surface area contributed by atoms with Crippen LogP contribution >= 0.6 is 28.3 Å². The van der Waals surface area contributed by atoms with E-state index in [0.29, 0.717) is 28.4 Å². The fraction of sp³-hybridized carbons (Fsp3) is 0.533. The van der Waals surface area contributed by atoms with Gasteiger partial charge in [-0.3, -0.25) is 4.79 Å². The standard InChI is InChI=1S/C15H18BrFN2O.ClH/c16-11-4-10(5-12(17)6-11)15(20)19-7-9-2-1-3-14(18)13(9)8-19;/h4-6,9,13-14H,1-3,7-8,18H2;1H. The van der Waals surface area contributed by atoms with E-state index in [2.05, 4.69) is 15.9 Å². The van der Waals surface area contributed by atoms with E-state index in [1.54, 1.807) is 6.07 Å². The molecule has 1 aliphatic heterocycles. The molecule has 3 atom stereocenters. The van der Waals surface area contributed by atoms with Crippen molar-refractivity contribution in [2.24, 2.45) is 17.6 Å². The van der Waals surface area contributed by atoms with Crippen LogP contribution in [-0.4, -0.2) is 29.9 Å². The maximum atomic E-state index is 13.4. The predicted molar refractivity (Wildman–Crippen MR) is 86.1 cm³/mol. The summed E-state index contributed by atoms with van der Waals surface area (Å²) in [6.45, 7) is 1.46. The first-order chi connectivity index (χ1) is 9.54. The predicted octanol–water partition coefficient (Wildman–Crippen LogP) is 3.21. The molecule has 1 aromatic rings. The number of benzene rings is 1. The highest BCUT2D eigenvalue weighted by Gasteiger charge is 2.40. The summed E-state index contributed by atoms with van der Waals surface area (Å²) < 4.78 is 14.0. The van der Waals surface area contributed by atoms with Gasteiger partial charge in [-0.2, -0.15) is 0 Å². The number of likely N-dealkylation sites (tertiary alicyclic amines) is 1. The van der Waals surface area contributed by atoms with Crippen molar-refractivity contribution in [3.05, 3.63) is 34.1 Å². The van der Waals surface area contributed by atoms with Crippen LogP contribution in [0.3, 0.4) is 0 Å². The Labute approximate surface area is 138 Å². The molecule has 2 aliphatic rings. The summed E-state index contributed by atoms with van der Waals surface area (Å²) in [6.07, 6.45) is 3.35. The summed E-state index contributed by atoms with van der Waals surface area (Å²) >= 11 is 3.23. The number of fused-ring (bicyclic) bond motifs is 1. The molecule has 0 aromatic heterocycles. The van der Waals surface area contributed by atoms with Crippen molar-refractivity contribution in [2.75, 3.05) is 13.1 Å². The van der Waals surface area contributed by atoms with E-state index in [4.69, 9.17) is 5.73 Å². The van der Waals surface area contributed by atoms with E-state index in [-0.39, 0.29) is 24.4 Å². The number of halogens is 3. The van der Waals surface area contributed by atoms with Gasteiger partial charge in [0.05, 0.1) is 0 Å². The Morgan fingerprint density at radius 2 is 2.05 bits per heavy atom. The summed E-state index contributed by atoms with van der Waals surface area (Å²) in [7, 11) is 0. The second-order valence-electron chi connectivity index (χ2n) is 5.89. The lowest BCUT2D eigenvalue weighted by molar-refractivity contribution is 0.0783. The largest absolute Gasteiger partial charge is 0.338 e. The van der Waals surface area contributed by atoms with E-state index in [1.165, 1.54) is 12.1 Å². The Balaban J connectivity index is 0.00000161. The zero-order chi connectivity index (χ0) is 14.3. The second kappa shape index (κ2) is 6.63. The lowest BCUT2D eigenvalue weighted by Gasteiger charge is -2.29. The molecule has 21 heavy (non-hydrogen) atoms. The van der Waals surface area contributed by atoms with Gasteiger partial charge in [0.1, 0.15) is 5.82 Å². The van der Waals surface area contributed by atoms with Gasteiger partial charge >= 0.3 is 0 Å². The van der Waals surface area contributed by atoms with Crippen LogP contribution in [0.2, 0.25) is 0 Å². The molecular formula is C15H19BrClFN2O. The van der Waals surface area contributed by atoms with E-state index in [1.807, 2.05) is 4.90 Å². The first-order valence-corrected chi connectivity index (χ1v) is 7.85. The van der Waals surface area contributed by atoms with Crippen LogP contribution in [0.25, 0.3) is 0 Å². The summed E-state index contributed by atoms with van der Waals surface area (Å²) in [6, 6.07) is 4.53. The Bertz CT molecular complexity index is 522. The molecular weight excluding hydrogens is 359 g/mol. The summed E-state index contributed by atoms with van der Waals surface area (Å²) in [5.41, 5.74) is 6.57. The fourth-order valence-corrected chi connectivity index (χ4v) is 4.01. The number of hydrogen-bond acceptors (Lipinski definition) is 2. The zero-order valence-electron chi connectivity index (χ0n) is 11.6. The molecule has 3 nitrogen and oxygen atoms in total. The molecule has 2 fully saturated rings. The van der Waals surface area contributed by atoms with Crippen molar-refractivity contribution in [2.45, 2.75) is 25.3 Å². The maximum absolute atomic E-state index is 13.4. The van der Waals surface area contributed by atoms with Crippen molar-refractivity contribution >= 4 is 34.2 Å². The normalized spacial score (nSPS) is 28.0. The molecule has 1 saturated heterocycles. The smallest absolute Gasteiger partial charge is 0.254 e. The van der Waals surface area contributed by atoms with Gasteiger partial charge in [-0.15, -0.1) is 12.4 Å². The molecule has 1 aliphatic carbocycles. The van der Waals surface area contributed by atoms with Crippen molar-refractivity contribution in [3.8, 4) is 0 Å². The third-order valence-corrected chi connectivity index (χ3v) is 5.01. The third kappa shape index (κ3) is 3.41. The van der Waals surface area contributed by atoms with Crippen LogP contribution in [0, 0.1) is 17.7 Å². The average Bonchev–Trinajstić information content (AvgIpc) is 2.82. The van der Waals surface area contributed by atoms with E-state index < -0.39 is 5.82 Å². The molecule has 116 valence electrons. The van der Waals surface area contributed by atoms with Gasteiger partial charge in [-0.05, 0) is 42.9 Å². The number of nitrogens with zero attached hydrogens (tertiary/aromatic N) is 1. The van der Waals surface area contributed by atoms with Crippen LogP contribution in [0.15, 0.2) is 22.7 Å². The molecule has 0 radical (unpaired) electrons. The van der Waals surface area contributed by atoms with Crippen LogP contribution in [0.5, 0.6) is 0 Å². The minimum Gasteiger partial charge on any atom is -0.338 e. The highest BCUT2D eigenvalue weighted by Crippen LogP contribution is 2.36. The molecule has 6 heteroatoms. The highest BCUT2D eigenvalue weighted by atomic mass is 79.9. The Morgan fingerprint density at radius 1 is 1.29 bits per heavy atom. The second-order valence-corrected chi connectivity index (χ2v) is 6.80. The Kier molecular flexibility index (Phi) is 5.28. The monoisotopic (exact) mass is 376 g/mol. The van der Waals surface area contributed by atoms with Gasteiger partial charge < -0.3 is 10.6 Å². The molecule has 1 heterocycles. The quantitative estimate of drug-likeness (QED) is 0.817. The van der Waals surface area contributed by atoms with E-state index in [0.717, 1.165) is 25.8 Å². The van der Waals surface area contributed by atoms with Gasteiger partial charge in [0, 0.05) is 29.2 Å². The van der Waals surface area contributed by atoms with Crippen LogP contribution in [-0.2, 0) is 0 Å². The third-order valence-electron chi connectivity index (χ3n) is 4.55. The maximum Gasteiger partial charge on any atom is 0.254 e. The number of carbonyl (C=O) groups excluding carboxylic acids is 1. The molecule has 3 unspecified atom stereocenters. The van der Waals surface area contributed by atoms with Gasteiger partial charge in [0.25, 0.3) is 5.91 Å². The van der Waals surface area contributed by atoms with Crippen molar-refractivity contribution in [1.29, 1.82) is 0 Å². The van der Waals surface area contributed by atoms with Gasteiger partial charge in [-0.1, -0.05) is 22.4 Å². The molecule has 1 amide bonds. The SMILES string of the molecule is Cl.NC1CCCC2CN(C(=O)c3cc(F)cc(Br)c3)CC12. The van der Waals surface area contributed by atoms with Crippen molar-refractivity contribution < 1.29 is 9.18 Å². The lowest BCUT2D eigenvalue weighted by Crippen LogP contribution is -2.38. The average molecular weight is 378 g/mol. The summed E-state index contributed by atoms with van der Waals surface area (Å²) in [5.74, 6) is 0.437. The molecule has 1 saturated carbocycles. The van der Waals surface area contributed by atoms with Crippen LogP contribution in [0.1, 0.15) is 29.6 Å². The molecule has 1 aromatic carbocycles. The van der Waals surface area contributed by atoms with Crippen LogP contribution < -0.4 is 5.73 Å². The zero-order valence-corrected chi connectivity index (χ0v) is 14.0. The molecule has 2 N–H and O–H groups in total. The minimum atomic E-state index is -0.393.